The van der Waals surface area contributed by atoms with Gasteiger partial charge in [0, 0.05) is 23.7 Å². The Morgan fingerprint density at radius 3 is 2.35 bits per heavy atom. The Bertz CT molecular complexity index is 1160. The molecule has 34 heavy (non-hydrogen) atoms. The molecule has 1 aliphatic rings. The van der Waals surface area contributed by atoms with E-state index in [9.17, 15) is 22.7 Å². The average Bonchev–Trinajstić information content (AvgIpc) is 2.89. The molecule has 0 saturated carbocycles. The maximum absolute atomic E-state index is 13.7. The molecule has 0 radical (unpaired) electrons. The standard InChI is InChI=1S/C25H32FNO5S2/c1-6-25(7-2)14-27(18-10-8-17(26)9-11-18)19-12-21(33-5)20(13-22(19)34(30,31)16-25)32-15-24(3,4)23(28)29/h8-13H,6-7,14-16H2,1-5H3,(H,28,29). The number of rotatable bonds is 8. The van der Waals surface area contributed by atoms with Crippen LogP contribution >= 0.6 is 11.8 Å². The van der Waals surface area contributed by atoms with Gasteiger partial charge in [-0.1, -0.05) is 13.8 Å². The lowest BCUT2D eigenvalue weighted by Gasteiger charge is -2.35. The van der Waals surface area contributed by atoms with E-state index in [1.165, 1.54) is 30.0 Å². The van der Waals surface area contributed by atoms with E-state index in [0.717, 1.165) is 0 Å². The molecule has 0 fully saturated rings. The van der Waals surface area contributed by atoms with Crippen LogP contribution in [0.3, 0.4) is 0 Å². The van der Waals surface area contributed by atoms with Gasteiger partial charge in [-0.05, 0) is 63.3 Å². The van der Waals surface area contributed by atoms with Crippen LogP contribution in [-0.2, 0) is 14.6 Å². The van der Waals surface area contributed by atoms with Crippen LogP contribution in [-0.4, -0.2) is 44.7 Å². The number of sulfone groups is 1. The minimum absolute atomic E-state index is 0.0175. The summed E-state index contributed by atoms with van der Waals surface area (Å²) in [4.78, 5) is 14.3. The predicted octanol–water partition coefficient (Wildman–Crippen LogP) is 5.77. The van der Waals surface area contributed by atoms with Crippen LogP contribution in [0.5, 0.6) is 5.75 Å². The Balaban J connectivity index is 2.21. The van der Waals surface area contributed by atoms with E-state index < -0.39 is 26.6 Å². The van der Waals surface area contributed by atoms with E-state index in [4.69, 9.17) is 4.74 Å². The number of carboxylic acid groups (broad SMARTS) is 1. The molecule has 2 aromatic rings. The number of anilines is 2. The summed E-state index contributed by atoms with van der Waals surface area (Å²) in [6, 6.07) is 9.36. The van der Waals surface area contributed by atoms with Gasteiger partial charge in [-0.25, -0.2) is 12.8 Å². The van der Waals surface area contributed by atoms with Crippen molar-refractivity contribution in [2.45, 2.75) is 50.3 Å². The lowest BCUT2D eigenvalue weighted by atomic mass is 9.83. The number of carboxylic acids is 1. The number of nitrogens with zero attached hydrogens (tertiary/aromatic N) is 1. The lowest BCUT2D eigenvalue weighted by molar-refractivity contribution is -0.148. The predicted molar refractivity (Wildman–Crippen MR) is 134 cm³/mol. The summed E-state index contributed by atoms with van der Waals surface area (Å²) >= 11 is 1.39. The molecule has 0 amide bonds. The summed E-state index contributed by atoms with van der Waals surface area (Å²) in [7, 11) is -3.70. The number of fused-ring (bicyclic) bond motifs is 1. The van der Waals surface area contributed by atoms with Crippen molar-refractivity contribution in [1.82, 2.24) is 0 Å². The second-order valence-corrected chi connectivity index (χ2v) is 12.3. The molecule has 0 atom stereocenters. The first-order chi connectivity index (χ1) is 15.9. The van der Waals surface area contributed by atoms with Gasteiger partial charge in [0.1, 0.15) is 18.2 Å². The number of benzene rings is 2. The summed E-state index contributed by atoms with van der Waals surface area (Å²) in [5.74, 6) is -1.04. The maximum atomic E-state index is 13.7. The van der Waals surface area contributed by atoms with E-state index >= 15 is 0 Å². The zero-order valence-corrected chi connectivity index (χ0v) is 21.9. The number of aliphatic carboxylic acids is 1. The Morgan fingerprint density at radius 1 is 1.21 bits per heavy atom. The fourth-order valence-corrected chi connectivity index (χ4v) is 6.84. The highest BCUT2D eigenvalue weighted by Gasteiger charge is 2.41. The second kappa shape index (κ2) is 9.77. The maximum Gasteiger partial charge on any atom is 0.312 e. The normalized spacial score (nSPS) is 17.1. The van der Waals surface area contributed by atoms with Crippen LogP contribution in [0.1, 0.15) is 40.5 Å². The fourth-order valence-electron chi connectivity index (χ4n) is 4.06. The fraction of sp³-hybridized carbons (Fsp3) is 0.480. The first-order valence-corrected chi connectivity index (χ1v) is 14.1. The quantitative estimate of drug-likeness (QED) is 0.452. The molecule has 1 N–H and O–H groups in total. The molecule has 3 rings (SSSR count). The number of thioether (sulfide) groups is 1. The number of halogens is 1. The van der Waals surface area contributed by atoms with Crippen molar-refractivity contribution in [2.24, 2.45) is 10.8 Å². The molecular weight excluding hydrogens is 477 g/mol. The number of hydrogen-bond donors (Lipinski definition) is 1. The topological polar surface area (TPSA) is 83.9 Å². The molecule has 0 unspecified atom stereocenters. The number of hydrogen-bond acceptors (Lipinski definition) is 6. The van der Waals surface area contributed by atoms with Gasteiger partial charge in [-0.15, -0.1) is 11.8 Å². The largest absolute Gasteiger partial charge is 0.491 e. The van der Waals surface area contributed by atoms with E-state index in [0.29, 0.717) is 41.4 Å². The third kappa shape index (κ3) is 5.20. The minimum Gasteiger partial charge on any atom is -0.491 e. The number of carbonyl (C=O) groups is 1. The van der Waals surface area contributed by atoms with E-state index in [1.807, 2.05) is 25.0 Å². The monoisotopic (exact) mass is 509 g/mol. The van der Waals surface area contributed by atoms with Crippen LogP contribution in [0.4, 0.5) is 15.8 Å². The third-order valence-corrected chi connectivity index (χ3v) is 9.41. The van der Waals surface area contributed by atoms with E-state index in [1.54, 1.807) is 32.0 Å². The Kier molecular flexibility index (Phi) is 7.57. The van der Waals surface area contributed by atoms with Gasteiger partial charge in [0.15, 0.2) is 9.84 Å². The number of ether oxygens (including phenoxy) is 1. The summed E-state index contributed by atoms with van der Waals surface area (Å²) in [6.45, 7) is 7.46. The van der Waals surface area contributed by atoms with Crippen molar-refractivity contribution in [3.63, 3.8) is 0 Å². The lowest BCUT2D eigenvalue weighted by Crippen LogP contribution is -2.37. The van der Waals surface area contributed by atoms with Crippen LogP contribution in [0.15, 0.2) is 46.2 Å². The molecule has 9 heteroatoms. The molecule has 0 aliphatic carbocycles. The highest BCUT2D eigenvalue weighted by Crippen LogP contribution is 2.46. The van der Waals surface area contributed by atoms with Crippen LogP contribution < -0.4 is 9.64 Å². The van der Waals surface area contributed by atoms with Gasteiger partial charge in [0.2, 0.25) is 0 Å². The summed E-state index contributed by atoms with van der Waals surface area (Å²) in [6.07, 6.45) is 3.19. The highest BCUT2D eigenvalue weighted by atomic mass is 32.2. The second-order valence-electron chi connectivity index (χ2n) is 9.48. The average molecular weight is 510 g/mol. The molecule has 1 aliphatic heterocycles. The van der Waals surface area contributed by atoms with Crippen LogP contribution in [0.2, 0.25) is 0 Å². The van der Waals surface area contributed by atoms with Gasteiger partial charge < -0.3 is 14.7 Å². The molecule has 0 spiro atoms. The van der Waals surface area contributed by atoms with Gasteiger partial charge in [0.25, 0.3) is 0 Å². The van der Waals surface area contributed by atoms with Crippen molar-refractivity contribution in [3.8, 4) is 5.75 Å². The summed E-state index contributed by atoms with van der Waals surface area (Å²) in [5, 5.41) is 9.44. The third-order valence-electron chi connectivity index (χ3n) is 6.67. The van der Waals surface area contributed by atoms with Crippen molar-refractivity contribution in [2.75, 3.05) is 30.1 Å². The molecular formula is C25H32FNO5S2. The Hall–Kier alpha value is -2.26. The van der Waals surface area contributed by atoms with E-state index in [2.05, 4.69) is 0 Å². The van der Waals surface area contributed by atoms with Crippen molar-refractivity contribution in [3.05, 3.63) is 42.2 Å². The first-order valence-electron chi connectivity index (χ1n) is 11.2. The van der Waals surface area contributed by atoms with E-state index in [-0.39, 0.29) is 23.1 Å². The van der Waals surface area contributed by atoms with Crippen molar-refractivity contribution in [1.29, 1.82) is 0 Å². The zero-order valence-electron chi connectivity index (χ0n) is 20.2. The first kappa shape index (κ1) is 26.3. The summed E-state index contributed by atoms with van der Waals surface area (Å²) in [5.41, 5.74) is -0.401. The van der Waals surface area contributed by atoms with Crippen LogP contribution in [0, 0.1) is 16.6 Å². The Labute approximate surface area is 205 Å². The van der Waals surface area contributed by atoms with Gasteiger partial charge in [-0.3, -0.25) is 4.79 Å². The van der Waals surface area contributed by atoms with Gasteiger partial charge >= 0.3 is 5.97 Å². The molecule has 1 heterocycles. The van der Waals surface area contributed by atoms with Crippen molar-refractivity contribution < 1.29 is 27.4 Å². The van der Waals surface area contributed by atoms with Crippen LogP contribution in [0.25, 0.3) is 0 Å². The molecule has 0 saturated heterocycles. The molecule has 6 nitrogen and oxygen atoms in total. The summed E-state index contributed by atoms with van der Waals surface area (Å²) < 4.78 is 46.9. The van der Waals surface area contributed by atoms with Gasteiger partial charge in [0.05, 0.1) is 26.6 Å². The smallest absolute Gasteiger partial charge is 0.312 e. The van der Waals surface area contributed by atoms with Crippen molar-refractivity contribution >= 4 is 38.9 Å². The Morgan fingerprint density at radius 2 is 1.82 bits per heavy atom. The molecule has 0 aromatic heterocycles. The SMILES string of the molecule is CCC1(CC)CN(c2ccc(F)cc2)c2cc(SC)c(OCC(C)(C)C(=O)O)cc2S(=O)(=O)C1. The highest BCUT2D eigenvalue weighted by molar-refractivity contribution is 7.98. The molecule has 186 valence electrons. The molecule has 2 aromatic carbocycles. The molecule has 0 bridgehead atoms. The van der Waals surface area contributed by atoms with Gasteiger partial charge in [-0.2, -0.15) is 0 Å². The minimum atomic E-state index is -3.70. The zero-order chi connectivity index (χ0) is 25.3.